The highest BCUT2D eigenvalue weighted by Crippen LogP contribution is 2.28. The Morgan fingerprint density at radius 2 is 2.14 bits per heavy atom. The molecule has 0 aliphatic heterocycles. The van der Waals surface area contributed by atoms with E-state index >= 15 is 0 Å². The van der Waals surface area contributed by atoms with Gasteiger partial charge in [-0.2, -0.15) is 0 Å². The summed E-state index contributed by atoms with van der Waals surface area (Å²) in [5.74, 6) is 0. The fraction of sp³-hybridized carbons (Fsp3) is 0.429. The van der Waals surface area contributed by atoms with Crippen LogP contribution in [0.25, 0.3) is 0 Å². The van der Waals surface area contributed by atoms with E-state index in [9.17, 15) is 8.42 Å². The number of hydrogen-bond acceptors (Lipinski definition) is 5. The van der Waals surface area contributed by atoms with Crippen LogP contribution in [0.2, 0.25) is 0 Å². The van der Waals surface area contributed by atoms with Crippen molar-refractivity contribution in [1.29, 1.82) is 0 Å². The molecule has 21 heavy (non-hydrogen) atoms. The molecule has 0 aliphatic rings. The maximum Gasteiger partial charge on any atom is 0.250 e. The molecule has 116 valence electrons. The summed E-state index contributed by atoms with van der Waals surface area (Å²) in [6, 6.07) is 7.08. The predicted molar refractivity (Wildman–Crippen MR) is 87.4 cm³/mol. The van der Waals surface area contributed by atoms with E-state index in [1.165, 1.54) is 11.3 Å². The second-order valence-corrected chi connectivity index (χ2v) is 8.76. The third-order valence-electron chi connectivity index (χ3n) is 3.02. The summed E-state index contributed by atoms with van der Waals surface area (Å²) >= 11 is 2.78. The van der Waals surface area contributed by atoms with Crippen LogP contribution in [0, 0.1) is 0 Å². The van der Waals surface area contributed by atoms with Gasteiger partial charge in [0.1, 0.15) is 4.21 Å². The average molecular weight is 346 g/mol. The van der Waals surface area contributed by atoms with Gasteiger partial charge in [-0.25, -0.2) is 13.1 Å². The normalized spacial score (nSPS) is 13.4. The van der Waals surface area contributed by atoms with Gasteiger partial charge < -0.3 is 5.11 Å². The minimum absolute atomic E-state index is 0.0289. The minimum Gasteiger partial charge on any atom is -0.396 e. The third kappa shape index (κ3) is 4.37. The summed E-state index contributed by atoms with van der Waals surface area (Å²) in [6.45, 7) is 2.07. The number of sulfonamides is 1. The average Bonchev–Trinajstić information content (AvgIpc) is 3.10. The van der Waals surface area contributed by atoms with E-state index in [1.807, 2.05) is 24.4 Å². The Balaban J connectivity index is 2.17. The molecule has 7 heteroatoms. The van der Waals surface area contributed by atoms with Crippen molar-refractivity contribution in [3.05, 3.63) is 39.4 Å². The van der Waals surface area contributed by atoms with Crippen molar-refractivity contribution in [2.75, 3.05) is 6.61 Å². The van der Waals surface area contributed by atoms with Crippen LogP contribution in [0.4, 0.5) is 0 Å². The molecule has 2 N–H and O–H groups in total. The molecular weight excluding hydrogens is 326 g/mol. The van der Waals surface area contributed by atoms with Crippen molar-refractivity contribution in [3.8, 4) is 0 Å². The molecule has 0 saturated heterocycles. The van der Waals surface area contributed by atoms with Crippen LogP contribution in [0.15, 0.2) is 33.9 Å². The van der Waals surface area contributed by atoms with Gasteiger partial charge in [-0.1, -0.05) is 19.4 Å². The Morgan fingerprint density at radius 3 is 2.76 bits per heavy atom. The maximum atomic E-state index is 12.5. The van der Waals surface area contributed by atoms with Crippen molar-refractivity contribution in [1.82, 2.24) is 4.72 Å². The SMILES string of the molecule is CCCC(NS(=O)(=O)c1ccc(CCO)s1)c1cccs1. The summed E-state index contributed by atoms with van der Waals surface area (Å²) in [5, 5.41) is 10.9. The fourth-order valence-electron chi connectivity index (χ4n) is 2.03. The lowest BCUT2D eigenvalue weighted by molar-refractivity contribution is 0.300. The Bertz CT molecular complexity index is 647. The summed E-state index contributed by atoms with van der Waals surface area (Å²) in [6.07, 6.45) is 2.17. The van der Waals surface area contributed by atoms with Gasteiger partial charge in [0.2, 0.25) is 0 Å². The molecule has 0 aliphatic carbocycles. The Hall–Kier alpha value is -0.730. The quantitative estimate of drug-likeness (QED) is 0.772. The van der Waals surface area contributed by atoms with E-state index in [0.29, 0.717) is 10.6 Å². The first-order chi connectivity index (χ1) is 10.1. The molecule has 4 nitrogen and oxygen atoms in total. The van der Waals surface area contributed by atoms with E-state index in [2.05, 4.69) is 4.72 Å². The van der Waals surface area contributed by atoms with Crippen LogP contribution in [-0.2, 0) is 16.4 Å². The molecule has 1 atom stereocenters. The van der Waals surface area contributed by atoms with Gasteiger partial charge in [0.25, 0.3) is 10.0 Å². The number of aliphatic hydroxyl groups excluding tert-OH is 1. The smallest absolute Gasteiger partial charge is 0.250 e. The van der Waals surface area contributed by atoms with Crippen molar-refractivity contribution in [3.63, 3.8) is 0 Å². The monoisotopic (exact) mass is 345 g/mol. The molecule has 2 aromatic rings. The zero-order valence-electron chi connectivity index (χ0n) is 11.8. The van der Waals surface area contributed by atoms with Gasteiger partial charge in [0, 0.05) is 22.8 Å². The highest BCUT2D eigenvalue weighted by molar-refractivity contribution is 7.91. The van der Waals surface area contributed by atoms with Gasteiger partial charge in [-0.05, 0) is 30.0 Å². The maximum absolute atomic E-state index is 12.5. The minimum atomic E-state index is -3.51. The van der Waals surface area contributed by atoms with Crippen LogP contribution in [0.1, 0.15) is 35.6 Å². The van der Waals surface area contributed by atoms with E-state index in [-0.39, 0.29) is 12.6 Å². The number of aliphatic hydroxyl groups is 1. The lowest BCUT2D eigenvalue weighted by atomic mass is 10.1. The van der Waals surface area contributed by atoms with Crippen LogP contribution in [-0.4, -0.2) is 20.1 Å². The van der Waals surface area contributed by atoms with Crippen molar-refractivity contribution >= 4 is 32.7 Å². The molecule has 2 heterocycles. The standard InChI is InChI=1S/C14H19NO3S3/c1-2-4-12(13-5-3-10-19-13)15-21(17,18)14-7-6-11(20-14)8-9-16/h3,5-7,10,12,15-16H,2,4,8-9H2,1H3. The highest BCUT2D eigenvalue weighted by atomic mass is 32.2. The topological polar surface area (TPSA) is 66.4 Å². The predicted octanol–water partition coefficient (Wildman–Crippen LogP) is 3.16. The molecule has 0 aromatic carbocycles. The largest absolute Gasteiger partial charge is 0.396 e. The first-order valence-electron chi connectivity index (χ1n) is 6.82. The van der Waals surface area contributed by atoms with Gasteiger partial charge in [0.05, 0.1) is 6.04 Å². The molecule has 2 aromatic heterocycles. The van der Waals surface area contributed by atoms with Crippen molar-refractivity contribution in [2.24, 2.45) is 0 Å². The Morgan fingerprint density at radius 1 is 1.33 bits per heavy atom. The Labute approximate surface area is 133 Å². The molecule has 1 unspecified atom stereocenters. The summed E-state index contributed by atoms with van der Waals surface area (Å²) in [7, 11) is -3.51. The number of hydrogen-bond donors (Lipinski definition) is 2. The molecule has 2 rings (SSSR count). The zero-order valence-corrected chi connectivity index (χ0v) is 14.2. The lowest BCUT2D eigenvalue weighted by Gasteiger charge is -2.16. The van der Waals surface area contributed by atoms with E-state index in [0.717, 1.165) is 22.6 Å². The summed E-state index contributed by atoms with van der Waals surface area (Å²) in [4.78, 5) is 1.91. The number of nitrogens with one attached hydrogen (secondary N) is 1. The first kappa shape index (κ1) is 16.6. The molecule has 0 amide bonds. The molecule has 0 bridgehead atoms. The zero-order chi connectivity index (χ0) is 15.3. The molecule has 0 radical (unpaired) electrons. The van der Waals surface area contributed by atoms with E-state index in [4.69, 9.17) is 5.11 Å². The molecule has 0 saturated carbocycles. The van der Waals surface area contributed by atoms with Gasteiger partial charge in [0.15, 0.2) is 0 Å². The second-order valence-electron chi connectivity index (χ2n) is 4.67. The van der Waals surface area contributed by atoms with Crippen LogP contribution < -0.4 is 4.72 Å². The summed E-state index contributed by atoms with van der Waals surface area (Å²) < 4.78 is 28.1. The molecular formula is C14H19NO3S3. The van der Waals surface area contributed by atoms with Crippen LogP contribution in [0.3, 0.4) is 0 Å². The highest BCUT2D eigenvalue weighted by Gasteiger charge is 2.23. The van der Waals surface area contributed by atoms with Crippen LogP contribution in [0.5, 0.6) is 0 Å². The van der Waals surface area contributed by atoms with Gasteiger partial charge in [-0.3, -0.25) is 0 Å². The first-order valence-corrected chi connectivity index (χ1v) is 10.00. The second kappa shape index (κ2) is 7.51. The summed E-state index contributed by atoms with van der Waals surface area (Å²) in [5.41, 5.74) is 0. The van der Waals surface area contributed by atoms with Crippen molar-refractivity contribution < 1.29 is 13.5 Å². The lowest BCUT2D eigenvalue weighted by Crippen LogP contribution is -2.27. The fourth-order valence-corrected chi connectivity index (χ4v) is 5.53. The van der Waals surface area contributed by atoms with Gasteiger partial charge in [-0.15, -0.1) is 22.7 Å². The number of thiophene rings is 2. The Kier molecular flexibility index (Phi) is 5.95. The molecule has 0 spiro atoms. The molecule has 0 fully saturated rings. The number of rotatable bonds is 8. The van der Waals surface area contributed by atoms with E-state index in [1.54, 1.807) is 23.5 Å². The van der Waals surface area contributed by atoms with E-state index < -0.39 is 10.0 Å². The van der Waals surface area contributed by atoms with Crippen LogP contribution >= 0.6 is 22.7 Å². The van der Waals surface area contributed by atoms with Gasteiger partial charge >= 0.3 is 0 Å². The van der Waals surface area contributed by atoms with Crippen molar-refractivity contribution in [2.45, 2.75) is 36.4 Å². The third-order valence-corrected chi connectivity index (χ3v) is 7.12.